The Morgan fingerprint density at radius 2 is 2.50 bits per heavy atom. The van der Waals surface area contributed by atoms with Gasteiger partial charge < -0.3 is 14.5 Å². The second-order valence-electron chi connectivity index (χ2n) is 3.41. The van der Waals surface area contributed by atoms with Crippen molar-refractivity contribution in [3.05, 3.63) is 24.2 Å². The third-order valence-electron chi connectivity index (χ3n) is 2.63. The van der Waals surface area contributed by atoms with Crippen LogP contribution in [0.25, 0.3) is 0 Å². The summed E-state index contributed by atoms with van der Waals surface area (Å²) >= 11 is 0. The van der Waals surface area contributed by atoms with Gasteiger partial charge in [-0.3, -0.25) is 4.79 Å². The zero-order valence-corrected chi connectivity index (χ0v) is 8.03. The molecular weight excluding hydrogens is 182 g/mol. The van der Waals surface area contributed by atoms with Crippen molar-refractivity contribution in [1.29, 1.82) is 0 Å². The Hall–Kier alpha value is -1.29. The fourth-order valence-corrected chi connectivity index (χ4v) is 1.88. The molecule has 1 saturated heterocycles. The molecule has 0 radical (unpaired) electrons. The maximum Gasteiger partial charge on any atom is 0.310 e. The van der Waals surface area contributed by atoms with Gasteiger partial charge in [0, 0.05) is 19.0 Å². The van der Waals surface area contributed by atoms with E-state index in [9.17, 15) is 4.79 Å². The molecule has 2 rings (SSSR count). The summed E-state index contributed by atoms with van der Waals surface area (Å²) in [5, 5.41) is 3.17. The zero-order valence-electron chi connectivity index (χ0n) is 8.03. The van der Waals surface area contributed by atoms with Crippen molar-refractivity contribution in [2.45, 2.75) is 5.92 Å². The Morgan fingerprint density at radius 3 is 3.14 bits per heavy atom. The van der Waals surface area contributed by atoms with Gasteiger partial charge in [0.25, 0.3) is 0 Å². The molecule has 0 aromatic carbocycles. The largest absolute Gasteiger partial charge is 0.469 e. The van der Waals surface area contributed by atoms with Gasteiger partial charge in [0.15, 0.2) is 0 Å². The van der Waals surface area contributed by atoms with Crippen LogP contribution >= 0.6 is 0 Å². The molecule has 4 heteroatoms. The summed E-state index contributed by atoms with van der Waals surface area (Å²) < 4.78 is 10.0. The van der Waals surface area contributed by atoms with Crippen LogP contribution < -0.4 is 5.32 Å². The number of furan rings is 1. The Kier molecular flexibility index (Phi) is 2.54. The molecule has 1 aromatic rings. The van der Waals surface area contributed by atoms with Gasteiger partial charge in [0.1, 0.15) is 5.76 Å². The van der Waals surface area contributed by atoms with Crippen LogP contribution in [0.4, 0.5) is 0 Å². The number of rotatable bonds is 2. The van der Waals surface area contributed by atoms with Crippen LogP contribution in [0, 0.1) is 5.92 Å². The lowest BCUT2D eigenvalue weighted by Gasteiger charge is -2.13. The molecule has 1 aliphatic heterocycles. The van der Waals surface area contributed by atoms with Gasteiger partial charge in [-0.2, -0.15) is 0 Å². The van der Waals surface area contributed by atoms with Gasteiger partial charge in [0.05, 0.1) is 19.3 Å². The third kappa shape index (κ3) is 1.53. The number of ether oxygens (including phenoxy) is 1. The summed E-state index contributed by atoms with van der Waals surface area (Å²) in [4.78, 5) is 11.4. The van der Waals surface area contributed by atoms with Crippen LogP contribution in [0.15, 0.2) is 22.8 Å². The molecule has 0 aliphatic carbocycles. The Labute approximate surface area is 82.2 Å². The molecule has 4 nitrogen and oxygen atoms in total. The van der Waals surface area contributed by atoms with E-state index in [-0.39, 0.29) is 17.8 Å². The molecule has 1 aromatic heterocycles. The van der Waals surface area contributed by atoms with Crippen molar-refractivity contribution >= 4 is 5.97 Å². The van der Waals surface area contributed by atoms with Crippen LogP contribution in [-0.2, 0) is 9.53 Å². The first-order chi connectivity index (χ1) is 6.83. The number of nitrogens with one attached hydrogen (secondary N) is 1. The van der Waals surface area contributed by atoms with Crippen LogP contribution in [0.3, 0.4) is 0 Å². The van der Waals surface area contributed by atoms with Crippen molar-refractivity contribution < 1.29 is 13.9 Å². The molecule has 0 spiro atoms. The average Bonchev–Trinajstić information content (AvgIpc) is 2.85. The van der Waals surface area contributed by atoms with Crippen LogP contribution in [0.1, 0.15) is 11.7 Å². The first-order valence-electron chi connectivity index (χ1n) is 4.65. The van der Waals surface area contributed by atoms with E-state index in [1.54, 1.807) is 6.26 Å². The Bertz CT molecular complexity index is 307. The van der Waals surface area contributed by atoms with Crippen molar-refractivity contribution in [3.63, 3.8) is 0 Å². The van der Waals surface area contributed by atoms with Crippen LogP contribution in [-0.4, -0.2) is 26.2 Å². The van der Waals surface area contributed by atoms with Gasteiger partial charge in [-0.15, -0.1) is 0 Å². The highest BCUT2D eigenvalue weighted by Crippen LogP contribution is 2.28. The SMILES string of the molecule is COC(=O)C1CNCC1c1ccco1. The highest BCUT2D eigenvalue weighted by atomic mass is 16.5. The highest BCUT2D eigenvalue weighted by Gasteiger charge is 2.36. The molecule has 0 amide bonds. The third-order valence-corrected chi connectivity index (χ3v) is 2.63. The standard InChI is InChI=1S/C10H13NO3/c1-13-10(12)8-6-11-5-7(8)9-3-2-4-14-9/h2-4,7-8,11H,5-6H2,1H3. The van der Waals surface area contributed by atoms with E-state index in [1.165, 1.54) is 7.11 Å². The predicted octanol–water partition coefficient (Wildman–Crippen LogP) is 0.756. The lowest BCUT2D eigenvalue weighted by Crippen LogP contribution is -2.22. The molecule has 76 valence electrons. The molecule has 1 aliphatic rings. The number of hydrogen-bond acceptors (Lipinski definition) is 4. The van der Waals surface area contributed by atoms with Crippen molar-refractivity contribution in [2.24, 2.45) is 5.92 Å². The van der Waals surface area contributed by atoms with Crippen molar-refractivity contribution in [2.75, 3.05) is 20.2 Å². The molecule has 1 N–H and O–H groups in total. The van der Waals surface area contributed by atoms with E-state index < -0.39 is 0 Å². The summed E-state index contributed by atoms with van der Waals surface area (Å²) in [6, 6.07) is 3.73. The van der Waals surface area contributed by atoms with E-state index in [2.05, 4.69) is 5.32 Å². The molecule has 1 fully saturated rings. The topological polar surface area (TPSA) is 51.5 Å². The fourth-order valence-electron chi connectivity index (χ4n) is 1.88. The number of carbonyl (C=O) groups excluding carboxylic acids is 1. The van der Waals surface area contributed by atoms with Gasteiger partial charge >= 0.3 is 5.97 Å². The fraction of sp³-hybridized carbons (Fsp3) is 0.500. The summed E-state index contributed by atoms with van der Waals surface area (Å²) in [5.74, 6) is 0.672. The Balaban J connectivity index is 2.15. The average molecular weight is 195 g/mol. The summed E-state index contributed by atoms with van der Waals surface area (Å²) in [5.41, 5.74) is 0. The van der Waals surface area contributed by atoms with E-state index in [4.69, 9.17) is 9.15 Å². The first kappa shape index (κ1) is 9.27. The molecule has 14 heavy (non-hydrogen) atoms. The second-order valence-corrected chi connectivity index (χ2v) is 3.41. The normalized spacial score (nSPS) is 26.4. The minimum atomic E-state index is -0.170. The summed E-state index contributed by atoms with van der Waals surface area (Å²) in [6.45, 7) is 1.44. The van der Waals surface area contributed by atoms with Crippen LogP contribution in [0.5, 0.6) is 0 Å². The van der Waals surface area contributed by atoms with Gasteiger partial charge in [-0.1, -0.05) is 0 Å². The minimum absolute atomic E-state index is 0.109. The monoisotopic (exact) mass is 195 g/mol. The zero-order chi connectivity index (χ0) is 9.97. The van der Waals surface area contributed by atoms with Gasteiger partial charge in [-0.05, 0) is 12.1 Å². The first-order valence-corrected chi connectivity index (χ1v) is 4.65. The molecule has 0 bridgehead atoms. The van der Waals surface area contributed by atoms with Crippen LogP contribution in [0.2, 0.25) is 0 Å². The predicted molar refractivity (Wildman–Crippen MR) is 49.8 cm³/mol. The summed E-state index contributed by atoms with van der Waals surface area (Å²) in [6.07, 6.45) is 1.63. The highest BCUT2D eigenvalue weighted by molar-refractivity contribution is 5.74. The molecule has 2 unspecified atom stereocenters. The van der Waals surface area contributed by atoms with E-state index in [0.717, 1.165) is 12.3 Å². The molecule has 2 heterocycles. The Morgan fingerprint density at radius 1 is 1.64 bits per heavy atom. The number of esters is 1. The lowest BCUT2D eigenvalue weighted by molar-refractivity contribution is -0.145. The van der Waals surface area contributed by atoms with Gasteiger partial charge in [-0.25, -0.2) is 0 Å². The van der Waals surface area contributed by atoms with E-state index in [0.29, 0.717) is 6.54 Å². The lowest BCUT2D eigenvalue weighted by atomic mass is 9.94. The van der Waals surface area contributed by atoms with E-state index >= 15 is 0 Å². The number of carbonyl (C=O) groups is 1. The number of hydrogen-bond donors (Lipinski definition) is 1. The smallest absolute Gasteiger partial charge is 0.310 e. The van der Waals surface area contributed by atoms with Gasteiger partial charge in [0.2, 0.25) is 0 Å². The van der Waals surface area contributed by atoms with Crippen molar-refractivity contribution in [1.82, 2.24) is 5.32 Å². The molecule has 2 atom stereocenters. The quantitative estimate of drug-likeness (QED) is 0.708. The minimum Gasteiger partial charge on any atom is -0.469 e. The second kappa shape index (κ2) is 3.84. The number of methoxy groups -OCH3 is 1. The van der Waals surface area contributed by atoms with Crippen molar-refractivity contribution in [3.8, 4) is 0 Å². The maximum atomic E-state index is 11.4. The molecule has 0 saturated carbocycles. The maximum absolute atomic E-state index is 11.4. The summed E-state index contributed by atoms with van der Waals surface area (Å²) in [7, 11) is 1.42. The van der Waals surface area contributed by atoms with E-state index in [1.807, 2.05) is 12.1 Å². The molecular formula is C10H13NO3.